The highest BCUT2D eigenvalue weighted by Crippen LogP contribution is 2.18. The summed E-state index contributed by atoms with van der Waals surface area (Å²) in [6.07, 6.45) is 5.30. The zero-order chi connectivity index (χ0) is 14.3. The first kappa shape index (κ1) is 12.8. The fraction of sp³-hybridized carbons (Fsp3) is 0.333. The smallest absolute Gasteiger partial charge is 0.263 e. The van der Waals surface area contributed by atoms with Gasteiger partial charge >= 0.3 is 0 Å². The number of thiazole rings is 1. The first-order valence-corrected chi connectivity index (χ1v) is 6.96. The Kier molecular flexibility index (Phi) is 3.01. The molecule has 0 fully saturated rings. The second-order valence-corrected chi connectivity index (χ2v) is 5.67. The van der Waals surface area contributed by atoms with Crippen LogP contribution in [0.5, 0.6) is 0 Å². The fourth-order valence-corrected chi connectivity index (χ4v) is 2.95. The van der Waals surface area contributed by atoms with E-state index in [1.54, 1.807) is 17.1 Å². The number of carbonyl (C=O) groups is 1. The number of hydrogen-bond donors (Lipinski definition) is 1. The van der Waals surface area contributed by atoms with Crippen molar-refractivity contribution in [3.8, 4) is 0 Å². The van der Waals surface area contributed by atoms with Crippen molar-refractivity contribution in [2.45, 2.75) is 19.9 Å². The molecule has 1 N–H and O–H groups in total. The Morgan fingerprint density at radius 1 is 1.45 bits per heavy atom. The lowest BCUT2D eigenvalue weighted by Gasteiger charge is -2.11. The van der Waals surface area contributed by atoms with Gasteiger partial charge in [0, 0.05) is 19.4 Å². The van der Waals surface area contributed by atoms with Crippen LogP contribution >= 0.6 is 11.3 Å². The molecule has 0 aliphatic heterocycles. The Bertz CT molecular complexity index is 738. The number of aromatic nitrogens is 5. The van der Waals surface area contributed by atoms with Gasteiger partial charge in [-0.1, -0.05) is 11.3 Å². The monoisotopic (exact) mass is 290 g/mol. The van der Waals surface area contributed by atoms with Crippen LogP contribution in [-0.2, 0) is 7.05 Å². The largest absolute Gasteiger partial charge is 0.342 e. The van der Waals surface area contributed by atoms with Crippen molar-refractivity contribution < 1.29 is 4.79 Å². The van der Waals surface area contributed by atoms with Gasteiger partial charge in [-0.2, -0.15) is 0 Å². The van der Waals surface area contributed by atoms with Gasteiger partial charge in [0.1, 0.15) is 11.2 Å². The van der Waals surface area contributed by atoms with Crippen LogP contribution in [0.2, 0.25) is 0 Å². The lowest BCUT2D eigenvalue weighted by molar-refractivity contribution is 0.0941. The SMILES string of the molecule is Cc1cn2cc(C(=O)NC(C)c3nncn3C)sc2n1. The molecule has 3 aromatic heterocycles. The number of nitrogens with one attached hydrogen (secondary N) is 1. The van der Waals surface area contributed by atoms with Gasteiger partial charge in [-0.15, -0.1) is 10.2 Å². The molecule has 7 nitrogen and oxygen atoms in total. The average Bonchev–Trinajstić information content (AvgIpc) is 3.02. The van der Waals surface area contributed by atoms with E-state index in [9.17, 15) is 4.79 Å². The summed E-state index contributed by atoms with van der Waals surface area (Å²) < 4.78 is 3.65. The molecule has 0 saturated carbocycles. The van der Waals surface area contributed by atoms with Crippen LogP contribution in [0.1, 0.15) is 34.2 Å². The molecule has 1 unspecified atom stereocenters. The van der Waals surface area contributed by atoms with E-state index in [0.717, 1.165) is 16.5 Å². The van der Waals surface area contributed by atoms with Gasteiger partial charge in [-0.3, -0.25) is 9.20 Å². The molecule has 1 atom stereocenters. The molecule has 1 amide bonds. The predicted molar refractivity (Wildman–Crippen MR) is 74.7 cm³/mol. The molecule has 0 aromatic carbocycles. The van der Waals surface area contributed by atoms with Gasteiger partial charge in [0.15, 0.2) is 10.8 Å². The summed E-state index contributed by atoms with van der Waals surface area (Å²) in [6.45, 7) is 3.81. The summed E-state index contributed by atoms with van der Waals surface area (Å²) in [5.41, 5.74) is 0.940. The normalized spacial score (nSPS) is 12.8. The number of aryl methyl sites for hydroxylation is 2. The van der Waals surface area contributed by atoms with Gasteiger partial charge in [0.05, 0.1) is 11.7 Å². The van der Waals surface area contributed by atoms with Crippen molar-refractivity contribution in [2.75, 3.05) is 0 Å². The number of rotatable bonds is 3. The zero-order valence-corrected chi connectivity index (χ0v) is 12.2. The maximum Gasteiger partial charge on any atom is 0.263 e. The third-order valence-corrected chi connectivity index (χ3v) is 3.98. The Balaban J connectivity index is 1.78. The van der Waals surface area contributed by atoms with Crippen LogP contribution in [0.3, 0.4) is 0 Å². The van der Waals surface area contributed by atoms with E-state index in [0.29, 0.717) is 4.88 Å². The minimum Gasteiger partial charge on any atom is -0.342 e. The Labute approximate surface area is 119 Å². The molecule has 104 valence electrons. The van der Waals surface area contributed by atoms with E-state index in [2.05, 4.69) is 20.5 Å². The van der Waals surface area contributed by atoms with E-state index in [1.165, 1.54) is 11.3 Å². The minimum atomic E-state index is -0.203. The Hall–Kier alpha value is -2.22. The summed E-state index contributed by atoms with van der Waals surface area (Å²) in [6, 6.07) is -0.203. The first-order chi connectivity index (χ1) is 9.54. The molecule has 0 aliphatic carbocycles. The summed E-state index contributed by atoms with van der Waals surface area (Å²) in [5, 5.41) is 10.7. The molecule has 0 aliphatic rings. The third kappa shape index (κ3) is 2.18. The Morgan fingerprint density at radius 2 is 2.25 bits per heavy atom. The van der Waals surface area contributed by atoms with Crippen LogP contribution < -0.4 is 5.32 Å². The number of nitrogens with zero attached hydrogens (tertiary/aromatic N) is 5. The summed E-state index contributed by atoms with van der Waals surface area (Å²) in [4.78, 5) is 18.0. The third-order valence-electron chi connectivity index (χ3n) is 2.98. The van der Waals surface area contributed by atoms with Gasteiger partial charge in [0.2, 0.25) is 0 Å². The van der Waals surface area contributed by atoms with Gasteiger partial charge in [-0.05, 0) is 13.8 Å². The maximum absolute atomic E-state index is 12.2. The van der Waals surface area contributed by atoms with Crippen LogP contribution in [0.4, 0.5) is 0 Å². The van der Waals surface area contributed by atoms with Crippen molar-refractivity contribution >= 4 is 22.2 Å². The van der Waals surface area contributed by atoms with E-state index < -0.39 is 0 Å². The quantitative estimate of drug-likeness (QED) is 0.789. The molecule has 0 radical (unpaired) electrons. The van der Waals surface area contributed by atoms with E-state index >= 15 is 0 Å². The predicted octanol–water partition coefficient (Wildman–Crippen LogP) is 1.32. The van der Waals surface area contributed by atoms with E-state index in [1.807, 2.05) is 31.5 Å². The van der Waals surface area contributed by atoms with Crippen molar-refractivity contribution in [3.63, 3.8) is 0 Å². The second kappa shape index (κ2) is 4.71. The van der Waals surface area contributed by atoms with Gasteiger partial charge in [0.25, 0.3) is 5.91 Å². The zero-order valence-electron chi connectivity index (χ0n) is 11.4. The summed E-state index contributed by atoms with van der Waals surface area (Å²) >= 11 is 1.37. The topological polar surface area (TPSA) is 77.1 Å². The minimum absolute atomic E-state index is 0.131. The fourth-order valence-electron chi connectivity index (χ4n) is 2.03. The molecule has 20 heavy (non-hydrogen) atoms. The molecule has 3 heterocycles. The van der Waals surface area contributed by atoms with Crippen molar-refractivity contribution in [1.29, 1.82) is 0 Å². The number of carbonyl (C=O) groups excluding carboxylic acids is 1. The molecule has 3 rings (SSSR count). The number of fused-ring (bicyclic) bond motifs is 1. The standard InChI is InChI=1S/C12H14N6OS/c1-7-4-18-5-9(20-12(18)14-7)11(19)15-8(2)10-16-13-6-17(10)3/h4-6,8H,1-3H3,(H,15,19). The van der Waals surface area contributed by atoms with Crippen LogP contribution in [0.15, 0.2) is 18.7 Å². The highest BCUT2D eigenvalue weighted by molar-refractivity contribution is 7.18. The molecule has 8 heteroatoms. The highest BCUT2D eigenvalue weighted by atomic mass is 32.1. The molecular formula is C12H14N6OS. The summed E-state index contributed by atoms with van der Waals surface area (Å²) in [7, 11) is 1.85. The lowest BCUT2D eigenvalue weighted by Crippen LogP contribution is -2.27. The number of amides is 1. The maximum atomic E-state index is 12.2. The van der Waals surface area contributed by atoms with Gasteiger partial charge in [-0.25, -0.2) is 4.98 Å². The van der Waals surface area contributed by atoms with Gasteiger partial charge < -0.3 is 9.88 Å². The van der Waals surface area contributed by atoms with Crippen molar-refractivity contribution in [1.82, 2.24) is 29.5 Å². The number of imidazole rings is 1. The average molecular weight is 290 g/mol. The summed E-state index contributed by atoms with van der Waals surface area (Å²) in [5.74, 6) is 0.587. The molecular weight excluding hydrogens is 276 g/mol. The van der Waals surface area contributed by atoms with Crippen LogP contribution in [-0.4, -0.2) is 30.1 Å². The van der Waals surface area contributed by atoms with Crippen LogP contribution in [0.25, 0.3) is 4.96 Å². The van der Waals surface area contributed by atoms with E-state index in [4.69, 9.17) is 0 Å². The lowest BCUT2D eigenvalue weighted by atomic mass is 10.3. The van der Waals surface area contributed by atoms with Crippen molar-refractivity contribution in [3.05, 3.63) is 35.1 Å². The molecule has 0 saturated heterocycles. The van der Waals surface area contributed by atoms with E-state index in [-0.39, 0.29) is 11.9 Å². The molecule has 0 spiro atoms. The first-order valence-electron chi connectivity index (χ1n) is 6.14. The highest BCUT2D eigenvalue weighted by Gasteiger charge is 2.17. The molecule has 3 aromatic rings. The Morgan fingerprint density at radius 3 is 2.90 bits per heavy atom. The molecule has 0 bridgehead atoms. The number of hydrogen-bond acceptors (Lipinski definition) is 5. The van der Waals surface area contributed by atoms with Crippen LogP contribution in [0, 0.1) is 6.92 Å². The van der Waals surface area contributed by atoms with Crippen molar-refractivity contribution in [2.24, 2.45) is 7.05 Å². The second-order valence-electron chi connectivity index (χ2n) is 4.66.